The van der Waals surface area contributed by atoms with E-state index in [0.29, 0.717) is 0 Å². The van der Waals surface area contributed by atoms with E-state index in [2.05, 4.69) is 5.32 Å². The largest absolute Gasteiger partial charge is 0.480 e. The van der Waals surface area contributed by atoms with Crippen molar-refractivity contribution in [2.24, 2.45) is 5.41 Å². The number of rotatable bonds is 1. The summed E-state index contributed by atoms with van der Waals surface area (Å²) in [5.74, 6) is -3.67. The van der Waals surface area contributed by atoms with Crippen LogP contribution < -0.4 is 5.32 Å². The molecule has 0 aromatic carbocycles. The minimum absolute atomic E-state index is 0.0648. The zero-order valence-corrected chi connectivity index (χ0v) is 6.31. The lowest BCUT2D eigenvalue weighted by Gasteiger charge is -2.04. The summed E-state index contributed by atoms with van der Waals surface area (Å²) in [4.78, 5) is 10.4. The maximum absolute atomic E-state index is 12.7. The predicted molar refractivity (Wildman–Crippen MR) is 36.0 cm³/mol. The topological polar surface area (TPSA) is 49.3 Å². The van der Waals surface area contributed by atoms with Crippen molar-refractivity contribution in [3.8, 4) is 0 Å². The second kappa shape index (κ2) is 1.96. The van der Waals surface area contributed by atoms with Gasteiger partial charge >= 0.3 is 5.97 Å². The van der Waals surface area contributed by atoms with Gasteiger partial charge in [-0.3, -0.25) is 4.79 Å². The van der Waals surface area contributed by atoms with E-state index in [4.69, 9.17) is 5.11 Å². The molecule has 0 bridgehead atoms. The number of carboxylic acids is 1. The Morgan fingerprint density at radius 1 is 1.58 bits per heavy atom. The molecule has 0 amide bonds. The normalized spacial score (nSPS) is 43.3. The second-order valence-electron chi connectivity index (χ2n) is 3.64. The number of hydrogen-bond acceptors (Lipinski definition) is 2. The van der Waals surface area contributed by atoms with Gasteiger partial charge in [0.15, 0.2) is 0 Å². The fourth-order valence-corrected chi connectivity index (χ4v) is 1.82. The van der Waals surface area contributed by atoms with Crippen LogP contribution in [-0.4, -0.2) is 29.6 Å². The first-order valence-corrected chi connectivity index (χ1v) is 3.81. The Hall–Kier alpha value is -0.710. The molecule has 1 heterocycles. The SMILES string of the molecule is O=C(O)C1CC2(CN1)CC2(F)F. The molecule has 1 spiro atoms. The van der Waals surface area contributed by atoms with Crippen molar-refractivity contribution in [1.82, 2.24) is 5.32 Å². The van der Waals surface area contributed by atoms with Gasteiger partial charge in [-0.15, -0.1) is 0 Å². The standard InChI is InChI=1S/C7H9F2NO2/c8-7(9)2-6(7)1-4(5(11)12)10-3-6/h4,10H,1-3H2,(H,11,12). The van der Waals surface area contributed by atoms with Crippen LogP contribution >= 0.6 is 0 Å². The van der Waals surface area contributed by atoms with Gasteiger partial charge < -0.3 is 10.4 Å². The first-order chi connectivity index (χ1) is 5.47. The monoisotopic (exact) mass is 177 g/mol. The van der Waals surface area contributed by atoms with E-state index >= 15 is 0 Å². The van der Waals surface area contributed by atoms with Crippen molar-refractivity contribution < 1.29 is 18.7 Å². The summed E-state index contributed by atoms with van der Waals surface area (Å²) in [6, 6.07) is -0.779. The van der Waals surface area contributed by atoms with E-state index in [1.54, 1.807) is 0 Å². The summed E-state index contributed by atoms with van der Waals surface area (Å²) in [6.07, 6.45) is -0.0912. The molecular formula is C7H9F2NO2. The molecule has 68 valence electrons. The number of nitrogens with one attached hydrogen (secondary N) is 1. The lowest BCUT2D eigenvalue weighted by atomic mass is 10.0. The summed E-state index contributed by atoms with van der Waals surface area (Å²) in [5.41, 5.74) is -1.03. The molecule has 3 nitrogen and oxygen atoms in total. The van der Waals surface area contributed by atoms with Gasteiger partial charge in [-0.2, -0.15) is 0 Å². The number of halogens is 2. The summed E-state index contributed by atoms with van der Waals surface area (Å²) in [5, 5.41) is 11.1. The van der Waals surface area contributed by atoms with Gasteiger partial charge in [0.1, 0.15) is 6.04 Å². The number of carbonyl (C=O) groups is 1. The third kappa shape index (κ3) is 0.857. The second-order valence-corrected chi connectivity index (χ2v) is 3.64. The number of carboxylic acid groups (broad SMARTS) is 1. The van der Waals surface area contributed by atoms with Crippen LogP contribution in [0.1, 0.15) is 12.8 Å². The molecule has 2 N–H and O–H groups in total. The fourth-order valence-electron chi connectivity index (χ4n) is 1.82. The fraction of sp³-hybridized carbons (Fsp3) is 0.857. The van der Waals surface area contributed by atoms with Crippen molar-refractivity contribution in [2.45, 2.75) is 24.8 Å². The number of alkyl halides is 2. The number of hydrogen-bond donors (Lipinski definition) is 2. The van der Waals surface area contributed by atoms with Crippen molar-refractivity contribution >= 4 is 5.97 Å². The highest BCUT2D eigenvalue weighted by atomic mass is 19.3. The van der Waals surface area contributed by atoms with Crippen LogP contribution in [0.3, 0.4) is 0 Å². The van der Waals surface area contributed by atoms with Crippen LogP contribution in [0.2, 0.25) is 0 Å². The van der Waals surface area contributed by atoms with Gasteiger partial charge in [0.05, 0.1) is 5.41 Å². The first kappa shape index (κ1) is 7.91. The maximum Gasteiger partial charge on any atom is 0.320 e. The Morgan fingerprint density at radius 3 is 2.42 bits per heavy atom. The molecule has 0 radical (unpaired) electrons. The van der Waals surface area contributed by atoms with E-state index in [9.17, 15) is 13.6 Å². The third-order valence-electron chi connectivity index (χ3n) is 2.79. The van der Waals surface area contributed by atoms with E-state index < -0.39 is 23.3 Å². The highest BCUT2D eigenvalue weighted by Crippen LogP contribution is 2.64. The average Bonchev–Trinajstić information content (AvgIpc) is 2.38. The van der Waals surface area contributed by atoms with Gasteiger partial charge in [-0.05, 0) is 6.42 Å². The van der Waals surface area contributed by atoms with Gasteiger partial charge in [-0.1, -0.05) is 0 Å². The van der Waals surface area contributed by atoms with Crippen molar-refractivity contribution in [2.75, 3.05) is 6.54 Å². The minimum atomic E-state index is -2.63. The van der Waals surface area contributed by atoms with Gasteiger partial charge in [0.25, 0.3) is 5.92 Å². The van der Waals surface area contributed by atoms with E-state index in [1.165, 1.54) is 0 Å². The lowest BCUT2D eigenvalue weighted by Crippen LogP contribution is -2.29. The molecule has 1 aliphatic carbocycles. The van der Waals surface area contributed by atoms with E-state index in [-0.39, 0.29) is 19.4 Å². The van der Waals surface area contributed by atoms with Crippen molar-refractivity contribution in [1.29, 1.82) is 0 Å². The zero-order valence-electron chi connectivity index (χ0n) is 6.31. The Bertz CT molecular complexity index is 244. The van der Waals surface area contributed by atoms with Crippen molar-refractivity contribution in [3.63, 3.8) is 0 Å². The van der Waals surface area contributed by atoms with Crippen LogP contribution in [0.25, 0.3) is 0 Å². The zero-order chi connectivity index (χ0) is 8.98. The molecule has 2 aliphatic rings. The third-order valence-corrected chi connectivity index (χ3v) is 2.79. The van der Waals surface area contributed by atoms with Crippen molar-refractivity contribution in [3.05, 3.63) is 0 Å². The smallest absolute Gasteiger partial charge is 0.320 e. The first-order valence-electron chi connectivity index (χ1n) is 3.81. The lowest BCUT2D eigenvalue weighted by molar-refractivity contribution is -0.139. The average molecular weight is 177 g/mol. The molecular weight excluding hydrogens is 168 g/mol. The van der Waals surface area contributed by atoms with Crippen LogP contribution in [0, 0.1) is 5.41 Å². The maximum atomic E-state index is 12.7. The van der Waals surface area contributed by atoms with Gasteiger partial charge in [0, 0.05) is 13.0 Å². The van der Waals surface area contributed by atoms with Crippen LogP contribution in [-0.2, 0) is 4.79 Å². The Labute approximate surface area is 67.8 Å². The molecule has 0 aromatic heterocycles. The molecule has 1 saturated carbocycles. The summed E-state index contributed by atoms with van der Waals surface area (Å²) in [7, 11) is 0. The van der Waals surface area contributed by atoms with E-state index in [1.807, 2.05) is 0 Å². The Kier molecular flexibility index (Phi) is 1.29. The molecule has 2 rings (SSSR count). The molecule has 1 saturated heterocycles. The van der Waals surface area contributed by atoms with Crippen LogP contribution in [0.5, 0.6) is 0 Å². The van der Waals surface area contributed by atoms with E-state index in [0.717, 1.165) is 0 Å². The highest BCUT2D eigenvalue weighted by molar-refractivity contribution is 5.74. The molecule has 0 aromatic rings. The van der Waals surface area contributed by atoms with Crippen LogP contribution in [0.15, 0.2) is 0 Å². The molecule has 1 aliphatic heterocycles. The van der Waals surface area contributed by atoms with Gasteiger partial charge in [0.2, 0.25) is 0 Å². The Balaban J connectivity index is 2.05. The predicted octanol–water partition coefficient (Wildman–Crippen LogP) is 0.458. The highest BCUT2D eigenvalue weighted by Gasteiger charge is 2.73. The molecule has 2 fully saturated rings. The van der Waals surface area contributed by atoms with Crippen LogP contribution in [0.4, 0.5) is 8.78 Å². The quantitative estimate of drug-likeness (QED) is 0.611. The minimum Gasteiger partial charge on any atom is -0.480 e. The number of aliphatic carboxylic acids is 1. The Morgan fingerprint density at radius 2 is 2.17 bits per heavy atom. The molecule has 2 unspecified atom stereocenters. The summed E-state index contributed by atoms with van der Waals surface area (Å²) >= 11 is 0. The molecule has 2 atom stereocenters. The molecule has 5 heteroatoms. The summed E-state index contributed by atoms with van der Waals surface area (Å²) in [6.45, 7) is 0.136. The molecule has 12 heavy (non-hydrogen) atoms. The van der Waals surface area contributed by atoms with Gasteiger partial charge in [-0.25, -0.2) is 8.78 Å². The summed E-state index contributed by atoms with van der Waals surface area (Å²) < 4.78 is 25.4.